The van der Waals surface area contributed by atoms with Crippen LogP contribution in [0.3, 0.4) is 0 Å². The average molecular weight is 441 g/mol. The Morgan fingerprint density at radius 1 is 1.22 bits per heavy atom. The Labute approximate surface area is 195 Å². The maximum Gasteiger partial charge on any atom is 0.158 e. The number of phenolic OH excluding ortho intramolecular Hbond substituents is 1. The maximum absolute atomic E-state index is 12.8. The second kappa shape index (κ2) is 9.61. The van der Waals surface area contributed by atoms with Crippen LogP contribution in [0.25, 0.3) is 0 Å². The Kier molecular flexibility index (Phi) is 7.47. The molecular weight excluding hydrogens is 396 g/mol. The van der Waals surface area contributed by atoms with Crippen molar-refractivity contribution in [1.82, 2.24) is 0 Å². The van der Waals surface area contributed by atoms with Crippen molar-refractivity contribution in [2.24, 2.45) is 11.8 Å². The van der Waals surface area contributed by atoms with Gasteiger partial charge in [-0.05, 0) is 67.7 Å². The molecule has 178 valence electrons. The molecule has 32 heavy (non-hydrogen) atoms. The number of hydrogen-bond donors (Lipinski definition) is 1. The van der Waals surface area contributed by atoms with E-state index in [1.165, 1.54) is 25.7 Å². The Morgan fingerprint density at radius 3 is 2.59 bits per heavy atom. The first-order valence-electron chi connectivity index (χ1n) is 12.7. The van der Waals surface area contributed by atoms with Gasteiger partial charge in [0.25, 0.3) is 0 Å². The van der Waals surface area contributed by atoms with E-state index < -0.39 is 0 Å². The van der Waals surface area contributed by atoms with Gasteiger partial charge in [-0.25, -0.2) is 0 Å². The van der Waals surface area contributed by atoms with Gasteiger partial charge in [-0.1, -0.05) is 66.4 Å². The molecule has 3 heteroatoms. The van der Waals surface area contributed by atoms with Gasteiger partial charge in [0.15, 0.2) is 5.78 Å². The summed E-state index contributed by atoms with van der Waals surface area (Å²) in [6.45, 7) is 15.3. The van der Waals surface area contributed by atoms with Crippen LogP contribution < -0.4 is 4.74 Å². The second-order valence-electron chi connectivity index (χ2n) is 11.7. The van der Waals surface area contributed by atoms with E-state index in [0.717, 1.165) is 35.3 Å². The molecule has 0 saturated heterocycles. The molecule has 2 atom stereocenters. The Balaban J connectivity index is 1.92. The van der Waals surface area contributed by atoms with Crippen LogP contribution in [-0.2, 0) is 10.2 Å². The number of unbranched alkanes of at least 4 members (excludes halogenated alkanes) is 3. The van der Waals surface area contributed by atoms with Crippen LogP contribution in [-0.4, -0.2) is 16.5 Å². The monoisotopic (exact) mass is 440 g/mol. The van der Waals surface area contributed by atoms with Gasteiger partial charge in [0, 0.05) is 23.8 Å². The van der Waals surface area contributed by atoms with Gasteiger partial charge in [-0.15, -0.1) is 0 Å². The summed E-state index contributed by atoms with van der Waals surface area (Å²) in [4.78, 5) is 12.8. The fourth-order valence-corrected chi connectivity index (χ4v) is 5.65. The molecule has 1 aromatic carbocycles. The molecule has 3 nitrogen and oxygen atoms in total. The molecular formula is C29H44O3. The molecule has 0 radical (unpaired) electrons. The van der Waals surface area contributed by atoms with Gasteiger partial charge in [-0.3, -0.25) is 4.79 Å². The molecule has 0 saturated carbocycles. The number of hydrogen-bond acceptors (Lipinski definition) is 3. The van der Waals surface area contributed by atoms with Crippen molar-refractivity contribution >= 4 is 5.78 Å². The molecule has 2 aliphatic rings. The standard InChI is InChI=1S/C29H44O3/c1-8-9-10-11-14-28(4,5)21-17-25(31)27-22-16-20(24(30)15-19(2)3)12-13-23(22)29(6,7)32-26(27)18-21/h12,17-19,22-23,31H,8-11,13-16H2,1-7H3/t22-,23-/m1/s1. The third-order valence-corrected chi connectivity index (χ3v) is 7.69. The Morgan fingerprint density at radius 2 is 1.94 bits per heavy atom. The van der Waals surface area contributed by atoms with Crippen molar-refractivity contribution in [3.05, 3.63) is 34.9 Å². The maximum atomic E-state index is 12.8. The molecule has 0 fully saturated rings. The zero-order chi connectivity index (χ0) is 23.7. The lowest BCUT2D eigenvalue weighted by Crippen LogP contribution is -2.46. The fourth-order valence-electron chi connectivity index (χ4n) is 5.65. The summed E-state index contributed by atoms with van der Waals surface area (Å²) in [7, 11) is 0. The number of ketones is 1. The smallest absolute Gasteiger partial charge is 0.158 e. The normalized spacial score (nSPS) is 22.1. The topological polar surface area (TPSA) is 46.5 Å². The van der Waals surface area contributed by atoms with Crippen LogP contribution in [0.4, 0.5) is 0 Å². The van der Waals surface area contributed by atoms with E-state index in [2.05, 4.69) is 60.6 Å². The van der Waals surface area contributed by atoms with Crippen LogP contribution in [0.2, 0.25) is 0 Å². The van der Waals surface area contributed by atoms with E-state index in [1.807, 2.05) is 6.07 Å². The number of benzene rings is 1. The van der Waals surface area contributed by atoms with E-state index in [-0.39, 0.29) is 28.6 Å². The number of Topliss-reactive ketones (excluding diaryl/α,β-unsaturated/α-hetero) is 1. The van der Waals surface area contributed by atoms with Crippen LogP contribution in [0.1, 0.15) is 117 Å². The minimum absolute atomic E-state index is 0.0184. The Hall–Kier alpha value is -1.77. The lowest BCUT2D eigenvalue weighted by molar-refractivity contribution is -0.116. The highest BCUT2D eigenvalue weighted by Crippen LogP contribution is 2.55. The molecule has 1 aliphatic heterocycles. The van der Waals surface area contributed by atoms with Crippen molar-refractivity contribution < 1.29 is 14.6 Å². The molecule has 1 aliphatic carbocycles. The number of phenols is 1. The number of allylic oxidation sites excluding steroid dienone is 2. The molecule has 1 N–H and O–H groups in total. The number of aromatic hydroxyl groups is 1. The number of fused-ring (bicyclic) bond motifs is 3. The molecule has 1 aromatic rings. The number of carbonyl (C=O) groups excluding carboxylic acids is 1. The summed E-state index contributed by atoms with van der Waals surface area (Å²) in [5, 5.41) is 11.2. The van der Waals surface area contributed by atoms with Crippen LogP contribution in [0, 0.1) is 11.8 Å². The van der Waals surface area contributed by atoms with E-state index in [4.69, 9.17) is 4.74 Å². The van der Waals surface area contributed by atoms with E-state index in [1.54, 1.807) is 0 Å². The highest BCUT2D eigenvalue weighted by Gasteiger charge is 2.47. The minimum atomic E-state index is -0.336. The van der Waals surface area contributed by atoms with E-state index >= 15 is 0 Å². The van der Waals surface area contributed by atoms with Crippen molar-refractivity contribution in [3.63, 3.8) is 0 Å². The summed E-state index contributed by atoms with van der Waals surface area (Å²) >= 11 is 0. The highest BCUT2D eigenvalue weighted by atomic mass is 16.5. The molecule has 3 rings (SSSR count). The average Bonchev–Trinajstić information content (AvgIpc) is 2.69. The summed E-state index contributed by atoms with van der Waals surface area (Å²) in [6.07, 6.45) is 10.3. The molecule has 0 spiro atoms. The van der Waals surface area contributed by atoms with Crippen molar-refractivity contribution in [2.45, 2.75) is 117 Å². The SMILES string of the molecule is CCCCCCC(C)(C)c1cc(O)c2c(c1)OC(C)(C)[C@@H]1CC=C(C(=O)CC(C)C)C[C@@H]21. The first-order chi connectivity index (χ1) is 15.0. The quantitative estimate of drug-likeness (QED) is 0.398. The van der Waals surface area contributed by atoms with Gasteiger partial charge in [0.1, 0.15) is 17.1 Å². The van der Waals surface area contributed by atoms with Crippen molar-refractivity contribution in [1.29, 1.82) is 0 Å². The summed E-state index contributed by atoms with van der Waals surface area (Å²) < 4.78 is 6.53. The first kappa shape index (κ1) is 24.9. The third kappa shape index (κ3) is 5.24. The molecule has 0 amide bonds. The van der Waals surface area contributed by atoms with Crippen molar-refractivity contribution in [2.75, 3.05) is 0 Å². The molecule has 0 bridgehead atoms. The highest BCUT2D eigenvalue weighted by molar-refractivity contribution is 5.95. The Bertz CT molecular complexity index is 859. The fraction of sp³-hybridized carbons (Fsp3) is 0.690. The lowest BCUT2D eigenvalue weighted by atomic mass is 9.66. The van der Waals surface area contributed by atoms with Gasteiger partial charge in [0.05, 0.1) is 0 Å². The number of ether oxygens (including phenoxy) is 1. The van der Waals surface area contributed by atoms with E-state index in [0.29, 0.717) is 24.5 Å². The molecule has 0 aromatic heterocycles. The summed E-state index contributed by atoms with van der Waals surface area (Å²) in [5.74, 6) is 2.13. The predicted octanol–water partition coefficient (Wildman–Crippen LogP) is 7.85. The summed E-state index contributed by atoms with van der Waals surface area (Å²) in [6, 6.07) is 4.13. The van der Waals surface area contributed by atoms with Gasteiger partial charge < -0.3 is 9.84 Å². The van der Waals surface area contributed by atoms with Crippen LogP contribution in [0.5, 0.6) is 11.5 Å². The largest absolute Gasteiger partial charge is 0.508 e. The van der Waals surface area contributed by atoms with Gasteiger partial charge in [-0.2, -0.15) is 0 Å². The number of carbonyl (C=O) groups is 1. The van der Waals surface area contributed by atoms with Crippen LogP contribution >= 0.6 is 0 Å². The van der Waals surface area contributed by atoms with Gasteiger partial charge in [0.2, 0.25) is 0 Å². The zero-order valence-electron chi connectivity index (χ0n) is 21.4. The summed E-state index contributed by atoms with van der Waals surface area (Å²) in [5.41, 5.74) is 2.63. The van der Waals surface area contributed by atoms with Crippen LogP contribution in [0.15, 0.2) is 23.8 Å². The number of rotatable bonds is 9. The predicted molar refractivity (Wildman–Crippen MR) is 133 cm³/mol. The lowest BCUT2D eigenvalue weighted by Gasteiger charge is -2.47. The second-order valence-corrected chi connectivity index (χ2v) is 11.7. The van der Waals surface area contributed by atoms with E-state index in [9.17, 15) is 9.90 Å². The minimum Gasteiger partial charge on any atom is -0.508 e. The molecule has 1 heterocycles. The zero-order valence-corrected chi connectivity index (χ0v) is 21.4. The first-order valence-corrected chi connectivity index (χ1v) is 12.7. The molecule has 0 unspecified atom stereocenters. The van der Waals surface area contributed by atoms with Gasteiger partial charge >= 0.3 is 0 Å². The third-order valence-electron chi connectivity index (χ3n) is 7.69. The van der Waals surface area contributed by atoms with Crippen molar-refractivity contribution in [3.8, 4) is 11.5 Å².